The lowest BCUT2D eigenvalue weighted by atomic mass is 10.1. The van der Waals surface area contributed by atoms with Gasteiger partial charge in [0.1, 0.15) is 5.71 Å². The molecular weight excluding hydrogens is 242 g/mol. The van der Waals surface area contributed by atoms with Crippen molar-refractivity contribution in [1.29, 1.82) is 0 Å². The number of nitrogens with zero attached hydrogens (tertiary/aromatic N) is 1. The molecule has 0 aliphatic rings. The Hall–Kier alpha value is -2.46. The van der Waals surface area contributed by atoms with E-state index in [1.807, 2.05) is 24.3 Å². The molecule has 0 aromatic heterocycles. The zero-order chi connectivity index (χ0) is 13.5. The third kappa shape index (κ3) is 3.50. The molecule has 0 aliphatic heterocycles. The number of carbonyl (C=O) groups is 1. The molecule has 0 fully saturated rings. The highest BCUT2D eigenvalue weighted by Gasteiger charge is 2.08. The van der Waals surface area contributed by atoms with Crippen molar-refractivity contribution >= 4 is 11.7 Å². The third-order valence-corrected chi connectivity index (χ3v) is 2.51. The van der Waals surface area contributed by atoms with Gasteiger partial charge in [-0.3, -0.25) is 0 Å². The van der Waals surface area contributed by atoms with Crippen LogP contribution in [0.2, 0.25) is 0 Å². The second-order valence-corrected chi connectivity index (χ2v) is 3.81. The maximum Gasteiger partial charge on any atom is 0.365 e. The predicted molar refractivity (Wildman–Crippen MR) is 71.9 cm³/mol. The number of oxime groups is 1. The van der Waals surface area contributed by atoms with Gasteiger partial charge in [0.05, 0.1) is 12.2 Å². The molecule has 0 unspecified atom stereocenters. The zero-order valence-electron chi connectivity index (χ0n) is 10.2. The first kappa shape index (κ1) is 13.0. The summed E-state index contributed by atoms with van der Waals surface area (Å²) in [4.78, 5) is 16.5. The van der Waals surface area contributed by atoms with E-state index in [1.54, 1.807) is 36.4 Å². The molecule has 4 nitrogen and oxygen atoms in total. The molecule has 19 heavy (non-hydrogen) atoms. The first-order valence-electron chi connectivity index (χ1n) is 5.81. The fourth-order valence-electron chi connectivity index (χ4n) is 1.53. The highest BCUT2D eigenvalue weighted by molar-refractivity contribution is 6.01. The largest absolute Gasteiger partial charge is 0.390 e. The van der Waals surface area contributed by atoms with Crippen LogP contribution in [0.15, 0.2) is 65.8 Å². The summed E-state index contributed by atoms with van der Waals surface area (Å²) in [5.41, 5.74) is 1.44. The van der Waals surface area contributed by atoms with Gasteiger partial charge in [-0.05, 0) is 12.1 Å². The van der Waals surface area contributed by atoms with Crippen LogP contribution in [0, 0.1) is 0 Å². The van der Waals surface area contributed by atoms with Gasteiger partial charge < -0.3 is 9.94 Å². The summed E-state index contributed by atoms with van der Waals surface area (Å²) in [6, 6.07) is 17.6. The van der Waals surface area contributed by atoms with E-state index in [0.717, 1.165) is 0 Å². The zero-order valence-corrected chi connectivity index (χ0v) is 10.2. The van der Waals surface area contributed by atoms with Crippen molar-refractivity contribution < 1.29 is 14.7 Å². The number of hydrogen-bond donors (Lipinski definition) is 1. The molecule has 2 aromatic rings. The van der Waals surface area contributed by atoms with Crippen molar-refractivity contribution in [3.8, 4) is 0 Å². The number of benzene rings is 2. The fraction of sp³-hybridized carbons (Fsp3) is 0.0667. The second kappa shape index (κ2) is 6.47. The standard InChI is InChI=1S/C15H13NO3/c17-11-14(12-7-3-1-4-8-12)16-19-15(18)13-9-5-2-6-10-13/h1-10,17H,11H2. The first-order chi connectivity index (χ1) is 9.31. The van der Waals surface area contributed by atoms with Gasteiger partial charge in [-0.1, -0.05) is 53.7 Å². The van der Waals surface area contributed by atoms with Gasteiger partial charge in [-0.2, -0.15) is 0 Å². The molecule has 0 bridgehead atoms. The summed E-state index contributed by atoms with van der Waals surface area (Å²) in [5, 5.41) is 12.9. The van der Waals surface area contributed by atoms with Crippen LogP contribution >= 0.6 is 0 Å². The number of aliphatic hydroxyl groups excluding tert-OH is 1. The minimum atomic E-state index is -0.553. The molecular formula is C15H13NO3. The Balaban J connectivity index is 2.11. The smallest absolute Gasteiger partial charge is 0.365 e. The molecule has 0 saturated heterocycles. The summed E-state index contributed by atoms with van der Waals surface area (Å²) >= 11 is 0. The third-order valence-electron chi connectivity index (χ3n) is 2.51. The number of aliphatic hydroxyl groups is 1. The Morgan fingerprint density at radius 2 is 1.47 bits per heavy atom. The van der Waals surface area contributed by atoms with Crippen molar-refractivity contribution in [2.75, 3.05) is 6.61 Å². The van der Waals surface area contributed by atoms with Crippen molar-refractivity contribution in [3.63, 3.8) is 0 Å². The monoisotopic (exact) mass is 255 g/mol. The first-order valence-corrected chi connectivity index (χ1v) is 5.81. The Kier molecular flexibility index (Phi) is 4.42. The molecule has 96 valence electrons. The Morgan fingerprint density at radius 3 is 2.00 bits per heavy atom. The minimum absolute atomic E-state index is 0.300. The Morgan fingerprint density at radius 1 is 0.947 bits per heavy atom. The summed E-state index contributed by atoms with van der Waals surface area (Å²) in [6.07, 6.45) is 0. The minimum Gasteiger partial charge on any atom is -0.390 e. The molecule has 0 amide bonds. The lowest BCUT2D eigenvalue weighted by Crippen LogP contribution is -2.09. The lowest BCUT2D eigenvalue weighted by Gasteiger charge is -2.03. The summed E-state index contributed by atoms with van der Waals surface area (Å²) in [6.45, 7) is -0.300. The topological polar surface area (TPSA) is 58.9 Å². The molecule has 0 spiro atoms. The van der Waals surface area contributed by atoms with E-state index in [4.69, 9.17) is 4.84 Å². The highest BCUT2D eigenvalue weighted by Crippen LogP contribution is 2.04. The predicted octanol–water partition coefficient (Wildman–Crippen LogP) is 2.24. The highest BCUT2D eigenvalue weighted by atomic mass is 16.7. The van der Waals surface area contributed by atoms with Crippen molar-refractivity contribution in [2.24, 2.45) is 5.16 Å². The van der Waals surface area contributed by atoms with Gasteiger partial charge in [0.2, 0.25) is 0 Å². The van der Waals surface area contributed by atoms with Gasteiger partial charge in [0.25, 0.3) is 0 Å². The quantitative estimate of drug-likeness (QED) is 0.518. The van der Waals surface area contributed by atoms with Crippen LogP contribution in [0.3, 0.4) is 0 Å². The van der Waals surface area contributed by atoms with E-state index in [9.17, 15) is 9.90 Å². The van der Waals surface area contributed by atoms with Crippen molar-refractivity contribution in [3.05, 3.63) is 71.8 Å². The average Bonchev–Trinajstić information content (AvgIpc) is 2.49. The summed E-state index contributed by atoms with van der Waals surface area (Å²) in [5.74, 6) is -0.553. The van der Waals surface area contributed by atoms with Crippen LogP contribution in [0.4, 0.5) is 0 Å². The normalized spacial score (nSPS) is 11.1. The summed E-state index contributed by atoms with van der Waals surface area (Å²) < 4.78 is 0. The molecule has 2 aromatic carbocycles. The van der Waals surface area contributed by atoms with Crippen molar-refractivity contribution in [1.82, 2.24) is 0 Å². The summed E-state index contributed by atoms with van der Waals surface area (Å²) in [7, 11) is 0. The lowest BCUT2D eigenvalue weighted by molar-refractivity contribution is 0.0514. The van der Waals surface area contributed by atoms with E-state index in [0.29, 0.717) is 16.8 Å². The van der Waals surface area contributed by atoms with Gasteiger partial charge in [0, 0.05) is 5.56 Å². The van der Waals surface area contributed by atoms with E-state index in [-0.39, 0.29) is 6.61 Å². The van der Waals surface area contributed by atoms with Gasteiger partial charge >= 0.3 is 5.97 Å². The van der Waals surface area contributed by atoms with Gasteiger partial charge in [0.15, 0.2) is 0 Å². The molecule has 2 rings (SSSR count). The molecule has 1 N–H and O–H groups in total. The number of rotatable bonds is 4. The van der Waals surface area contributed by atoms with Crippen LogP contribution < -0.4 is 0 Å². The van der Waals surface area contributed by atoms with Crippen molar-refractivity contribution in [2.45, 2.75) is 0 Å². The maximum atomic E-state index is 11.7. The van der Waals surface area contributed by atoms with Crippen LogP contribution in [-0.4, -0.2) is 23.4 Å². The maximum absolute atomic E-state index is 11.7. The van der Waals surface area contributed by atoms with Gasteiger partial charge in [-0.25, -0.2) is 4.79 Å². The van der Waals surface area contributed by atoms with Gasteiger partial charge in [-0.15, -0.1) is 0 Å². The molecule has 4 heteroatoms. The number of carbonyl (C=O) groups excluding carboxylic acids is 1. The van der Waals surface area contributed by atoms with E-state index < -0.39 is 5.97 Å². The van der Waals surface area contributed by atoms with Crippen LogP contribution in [-0.2, 0) is 4.84 Å². The molecule has 0 saturated carbocycles. The van der Waals surface area contributed by atoms with E-state index >= 15 is 0 Å². The Bertz CT molecular complexity index is 564. The average molecular weight is 255 g/mol. The molecule has 0 heterocycles. The molecule has 0 atom stereocenters. The van der Waals surface area contributed by atoms with E-state index in [2.05, 4.69) is 5.16 Å². The SMILES string of the molecule is O=C(ON=C(CO)c1ccccc1)c1ccccc1. The fourth-order valence-corrected chi connectivity index (χ4v) is 1.53. The van der Waals surface area contributed by atoms with Crippen LogP contribution in [0.5, 0.6) is 0 Å². The second-order valence-electron chi connectivity index (χ2n) is 3.81. The molecule has 0 aliphatic carbocycles. The Labute approximate surface area is 111 Å². The van der Waals surface area contributed by atoms with Crippen LogP contribution in [0.25, 0.3) is 0 Å². The van der Waals surface area contributed by atoms with Crippen LogP contribution in [0.1, 0.15) is 15.9 Å². The van der Waals surface area contributed by atoms with E-state index in [1.165, 1.54) is 0 Å². The number of hydrogen-bond acceptors (Lipinski definition) is 4. The molecule has 0 radical (unpaired) electrons.